The average molecular weight is 159 g/mol. The van der Waals surface area contributed by atoms with Gasteiger partial charge >= 0.3 is 5.97 Å². The second kappa shape index (κ2) is 6.55. The summed E-state index contributed by atoms with van der Waals surface area (Å²) in [5, 5.41) is 7.89. The summed E-state index contributed by atoms with van der Waals surface area (Å²) >= 11 is 0. The fourth-order valence-electron chi connectivity index (χ4n) is 0. The fourth-order valence-corrected chi connectivity index (χ4v) is 0. The largest absolute Gasteiger partial charge is 0.478 e. The quantitative estimate of drug-likeness (QED) is 0.469. The van der Waals surface area contributed by atoms with Gasteiger partial charge in [-0.15, -0.1) is 0 Å². The highest BCUT2D eigenvalue weighted by atomic mass is 28.3. The van der Waals surface area contributed by atoms with Gasteiger partial charge in [-0.05, 0) is 6.92 Å². The topological polar surface area (TPSA) is 37.3 Å². The molecule has 0 aliphatic rings. The van der Waals surface area contributed by atoms with Crippen LogP contribution in [0.3, 0.4) is 0 Å². The molecule has 0 fully saturated rings. The summed E-state index contributed by atoms with van der Waals surface area (Å²) in [4.78, 5) is 9.60. The number of carboxylic acids is 1. The van der Waals surface area contributed by atoms with Crippen LogP contribution in [0.2, 0.25) is 19.6 Å². The van der Waals surface area contributed by atoms with E-state index in [1.807, 2.05) is 0 Å². The SMILES string of the molecule is C=C(C)C(=O)O.C[Si](C)C. The molecule has 0 rings (SSSR count). The molecule has 0 saturated heterocycles. The van der Waals surface area contributed by atoms with Gasteiger partial charge in [-0.1, -0.05) is 26.2 Å². The third-order valence-corrected chi connectivity index (χ3v) is 0.365. The van der Waals surface area contributed by atoms with Gasteiger partial charge in [0.15, 0.2) is 0 Å². The zero-order valence-electron chi connectivity index (χ0n) is 7.06. The van der Waals surface area contributed by atoms with Gasteiger partial charge in [0.25, 0.3) is 0 Å². The Kier molecular flexibility index (Phi) is 7.94. The maximum absolute atomic E-state index is 9.60. The monoisotopic (exact) mass is 159 g/mol. The zero-order chi connectivity index (χ0) is 8.73. The Balaban J connectivity index is 0. The molecule has 2 nitrogen and oxygen atoms in total. The summed E-state index contributed by atoms with van der Waals surface area (Å²) in [6.07, 6.45) is 0. The molecule has 0 saturated carbocycles. The molecule has 0 aliphatic carbocycles. The lowest BCUT2D eigenvalue weighted by Gasteiger charge is -1.79. The van der Waals surface area contributed by atoms with Gasteiger partial charge in [-0.3, -0.25) is 0 Å². The predicted molar refractivity (Wildman–Crippen MR) is 45.8 cm³/mol. The van der Waals surface area contributed by atoms with Crippen molar-refractivity contribution in [3.05, 3.63) is 12.2 Å². The van der Waals surface area contributed by atoms with E-state index in [9.17, 15) is 4.79 Å². The summed E-state index contributed by atoms with van der Waals surface area (Å²) in [5.74, 6) is -0.935. The lowest BCUT2D eigenvalue weighted by atomic mass is 10.4. The number of hydrogen-bond donors (Lipinski definition) is 1. The molecule has 0 amide bonds. The fraction of sp³-hybridized carbons (Fsp3) is 0.571. The van der Waals surface area contributed by atoms with Crippen molar-refractivity contribution in [2.24, 2.45) is 0 Å². The molecule has 0 aromatic carbocycles. The van der Waals surface area contributed by atoms with Gasteiger partial charge in [0, 0.05) is 14.4 Å². The molecular weight excluding hydrogens is 144 g/mol. The average Bonchev–Trinajstić information content (AvgIpc) is 1.63. The highest BCUT2D eigenvalue weighted by Gasteiger charge is 1.90. The van der Waals surface area contributed by atoms with Crippen molar-refractivity contribution >= 4 is 14.8 Å². The molecule has 0 spiro atoms. The second-order valence-corrected chi connectivity index (χ2v) is 5.59. The molecule has 0 aromatic rings. The number of rotatable bonds is 1. The maximum Gasteiger partial charge on any atom is 0.330 e. The molecule has 0 aliphatic heterocycles. The number of aliphatic carboxylic acids is 1. The minimum atomic E-state index is -0.935. The van der Waals surface area contributed by atoms with Crippen LogP contribution in [0.4, 0.5) is 0 Å². The van der Waals surface area contributed by atoms with Gasteiger partial charge in [0.05, 0.1) is 0 Å². The minimum absolute atomic E-state index is 0.120. The Morgan fingerprint density at radius 2 is 1.50 bits per heavy atom. The first-order valence-corrected chi connectivity index (χ1v) is 6.03. The van der Waals surface area contributed by atoms with Crippen LogP contribution < -0.4 is 0 Å². The van der Waals surface area contributed by atoms with Crippen molar-refractivity contribution in [3.63, 3.8) is 0 Å². The van der Waals surface area contributed by atoms with Gasteiger partial charge in [0.2, 0.25) is 0 Å². The lowest BCUT2D eigenvalue weighted by Crippen LogP contribution is -1.92. The third-order valence-electron chi connectivity index (χ3n) is 0.365. The first-order valence-electron chi connectivity index (χ1n) is 3.03. The Morgan fingerprint density at radius 1 is 1.40 bits per heavy atom. The van der Waals surface area contributed by atoms with E-state index >= 15 is 0 Å². The Hall–Kier alpha value is -0.573. The number of carbonyl (C=O) groups is 1. The molecule has 0 bridgehead atoms. The predicted octanol–water partition coefficient (Wildman–Crippen LogP) is 2.02. The summed E-state index contributed by atoms with van der Waals surface area (Å²) in [7, 11) is 0.120. The van der Waals surface area contributed by atoms with Crippen LogP contribution in [0.15, 0.2) is 12.2 Å². The van der Waals surface area contributed by atoms with Crippen LogP contribution in [-0.4, -0.2) is 19.9 Å². The standard InChI is InChI=1S/C4H6O2.C3H9Si/c1-3(2)4(5)6;1-4(2)3/h1H2,2H3,(H,5,6);1-3H3. The lowest BCUT2D eigenvalue weighted by molar-refractivity contribution is -0.132. The first kappa shape index (κ1) is 12.1. The summed E-state index contributed by atoms with van der Waals surface area (Å²) in [6, 6.07) is 0. The van der Waals surface area contributed by atoms with Crippen molar-refractivity contribution in [2.75, 3.05) is 0 Å². The Bertz CT molecular complexity index is 104. The summed E-state index contributed by atoms with van der Waals surface area (Å²) in [5.41, 5.74) is 0.176. The van der Waals surface area contributed by atoms with E-state index in [2.05, 4.69) is 26.2 Å². The molecular formula is C7H15O2Si. The van der Waals surface area contributed by atoms with E-state index in [4.69, 9.17) is 5.11 Å². The van der Waals surface area contributed by atoms with Crippen LogP contribution >= 0.6 is 0 Å². The van der Waals surface area contributed by atoms with E-state index in [0.29, 0.717) is 0 Å². The highest BCUT2D eigenvalue weighted by Crippen LogP contribution is 1.81. The van der Waals surface area contributed by atoms with Crippen molar-refractivity contribution in [1.82, 2.24) is 0 Å². The van der Waals surface area contributed by atoms with Gasteiger partial charge in [0.1, 0.15) is 0 Å². The molecule has 0 unspecified atom stereocenters. The minimum Gasteiger partial charge on any atom is -0.478 e. The number of carboxylic acid groups (broad SMARTS) is 1. The molecule has 0 aromatic heterocycles. The first-order chi connectivity index (χ1) is 4.37. The van der Waals surface area contributed by atoms with Crippen molar-refractivity contribution in [3.8, 4) is 0 Å². The Morgan fingerprint density at radius 3 is 1.50 bits per heavy atom. The summed E-state index contributed by atoms with van der Waals surface area (Å²) in [6.45, 7) is 11.4. The highest BCUT2D eigenvalue weighted by molar-refractivity contribution is 6.54. The number of hydrogen-bond acceptors (Lipinski definition) is 1. The summed E-state index contributed by atoms with van der Waals surface area (Å²) < 4.78 is 0. The van der Waals surface area contributed by atoms with E-state index in [-0.39, 0.29) is 14.4 Å². The third kappa shape index (κ3) is 26.1. The molecule has 0 atom stereocenters. The molecule has 0 heterocycles. The van der Waals surface area contributed by atoms with Gasteiger partial charge in [-0.25, -0.2) is 4.79 Å². The molecule has 10 heavy (non-hydrogen) atoms. The van der Waals surface area contributed by atoms with Crippen molar-refractivity contribution in [1.29, 1.82) is 0 Å². The van der Waals surface area contributed by atoms with Crippen molar-refractivity contribution < 1.29 is 9.90 Å². The molecule has 59 valence electrons. The van der Waals surface area contributed by atoms with Crippen LogP contribution in [0, 0.1) is 0 Å². The Labute approximate surface area is 64.2 Å². The van der Waals surface area contributed by atoms with Gasteiger partial charge < -0.3 is 5.11 Å². The maximum atomic E-state index is 9.60. The molecule has 3 heteroatoms. The van der Waals surface area contributed by atoms with Crippen LogP contribution in [0.1, 0.15) is 6.92 Å². The normalized spacial score (nSPS) is 8.10. The van der Waals surface area contributed by atoms with E-state index in [1.54, 1.807) is 0 Å². The van der Waals surface area contributed by atoms with E-state index in [0.717, 1.165) is 0 Å². The molecule has 1 radical (unpaired) electrons. The second-order valence-electron chi connectivity index (χ2n) is 2.59. The van der Waals surface area contributed by atoms with E-state index < -0.39 is 5.97 Å². The van der Waals surface area contributed by atoms with Crippen LogP contribution in [0.5, 0.6) is 0 Å². The van der Waals surface area contributed by atoms with Crippen LogP contribution in [0.25, 0.3) is 0 Å². The van der Waals surface area contributed by atoms with Crippen molar-refractivity contribution in [2.45, 2.75) is 26.6 Å². The smallest absolute Gasteiger partial charge is 0.330 e. The van der Waals surface area contributed by atoms with E-state index in [1.165, 1.54) is 6.92 Å². The van der Waals surface area contributed by atoms with Gasteiger partial charge in [-0.2, -0.15) is 0 Å². The molecule has 1 N–H and O–H groups in total. The van der Waals surface area contributed by atoms with Crippen LogP contribution in [-0.2, 0) is 4.79 Å². The zero-order valence-corrected chi connectivity index (χ0v) is 8.06.